The van der Waals surface area contributed by atoms with Crippen molar-refractivity contribution in [3.05, 3.63) is 77.0 Å². The molecule has 5 aromatic rings. The molecule has 3 aromatic carbocycles. The lowest BCUT2D eigenvalue weighted by Crippen LogP contribution is -2.00. The molecule has 5 rings (SSSR count). The molecule has 31 heavy (non-hydrogen) atoms. The van der Waals surface area contributed by atoms with Gasteiger partial charge in [0.15, 0.2) is 11.5 Å². The number of ether oxygens (including phenoxy) is 2. The van der Waals surface area contributed by atoms with Crippen molar-refractivity contribution in [2.75, 3.05) is 12.4 Å². The van der Waals surface area contributed by atoms with Crippen LogP contribution in [0.3, 0.4) is 0 Å². The average molecular weight is 449 g/mol. The van der Waals surface area contributed by atoms with Gasteiger partial charge in [0.2, 0.25) is 0 Å². The zero-order valence-corrected chi connectivity index (χ0v) is 18.1. The van der Waals surface area contributed by atoms with Gasteiger partial charge in [-0.15, -0.1) is 11.3 Å². The number of rotatable bonds is 6. The Labute approximate surface area is 187 Å². The first-order valence-electron chi connectivity index (χ1n) is 9.52. The number of nitrogens with zero attached hydrogens (tertiary/aromatic N) is 3. The zero-order valence-electron chi connectivity index (χ0n) is 16.5. The first kappa shape index (κ1) is 19.5. The average Bonchev–Trinajstić information content (AvgIpc) is 3.22. The van der Waals surface area contributed by atoms with E-state index in [0.29, 0.717) is 28.9 Å². The Balaban J connectivity index is 1.47. The number of hydrogen-bond donors (Lipinski definition) is 1. The van der Waals surface area contributed by atoms with E-state index in [2.05, 4.69) is 26.3 Å². The van der Waals surface area contributed by atoms with Crippen LogP contribution in [0, 0.1) is 0 Å². The molecule has 0 radical (unpaired) electrons. The number of thiazole rings is 1. The Hall–Kier alpha value is -3.42. The highest BCUT2D eigenvalue weighted by molar-refractivity contribution is 7.18. The van der Waals surface area contributed by atoms with E-state index in [4.69, 9.17) is 21.1 Å². The Morgan fingerprint density at radius 3 is 2.61 bits per heavy atom. The van der Waals surface area contributed by atoms with Gasteiger partial charge in [-0.25, -0.2) is 15.0 Å². The second kappa shape index (κ2) is 8.37. The molecule has 0 aliphatic carbocycles. The van der Waals surface area contributed by atoms with Crippen molar-refractivity contribution in [3.63, 3.8) is 0 Å². The van der Waals surface area contributed by atoms with Crippen LogP contribution in [0.5, 0.6) is 11.5 Å². The summed E-state index contributed by atoms with van der Waals surface area (Å²) in [6.07, 6.45) is 1.52. The van der Waals surface area contributed by atoms with E-state index in [-0.39, 0.29) is 0 Å². The van der Waals surface area contributed by atoms with E-state index in [1.165, 1.54) is 6.33 Å². The van der Waals surface area contributed by atoms with Crippen molar-refractivity contribution in [1.29, 1.82) is 0 Å². The topological polar surface area (TPSA) is 69.2 Å². The number of benzene rings is 3. The van der Waals surface area contributed by atoms with Crippen LogP contribution in [0.15, 0.2) is 67.0 Å². The van der Waals surface area contributed by atoms with Crippen LogP contribution in [0.25, 0.3) is 21.1 Å². The van der Waals surface area contributed by atoms with E-state index >= 15 is 0 Å². The number of aromatic nitrogens is 3. The van der Waals surface area contributed by atoms with Crippen molar-refractivity contribution in [2.45, 2.75) is 6.61 Å². The van der Waals surface area contributed by atoms with Crippen molar-refractivity contribution >= 4 is 55.6 Å². The third-order valence-electron chi connectivity index (χ3n) is 4.72. The minimum absolute atomic E-state index is 0.342. The van der Waals surface area contributed by atoms with Crippen molar-refractivity contribution in [2.24, 2.45) is 0 Å². The van der Waals surface area contributed by atoms with Crippen LogP contribution < -0.4 is 14.8 Å². The third-order valence-corrected chi connectivity index (χ3v) is 5.98. The SMILES string of the molecule is COc1cc2ncnc(Nc3ccc(Cl)cc3)c2cc1OCc1nc2ccccc2s1. The second-order valence-electron chi connectivity index (χ2n) is 6.74. The molecule has 0 unspecified atom stereocenters. The highest BCUT2D eigenvalue weighted by atomic mass is 35.5. The summed E-state index contributed by atoms with van der Waals surface area (Å²) in [6, 6.07) is 19.2. The van der Waals surface area contributed by atoms with Crippen LogP contribution in [-0.4, -0.2) is 22.1 Å². The predicted molar refractivity (Wildman–Crippen MR) is 125 cm³/mol. The fourth-order valence-electron chi connectivity index (χ4n) is 3.23. The number of nitrogens with one attached hydrogen (secondary N) is 1. The minimum atomic E-state index is 0.342. The summed E-state index contributed by atoms with van der Waals surface area (Å²) >= 11 is 7.60. The van der Waals surface area contributed by atoms with Crippen LogP contribution in [0.2, 0.25) is 5.02 Å². The number of halogens is 1. The molecule has 1 N–H and O–H groups in total. The Kier molecular flexibility index (Phi) is 5.28. The summed E-state index contributed by atoms with van der Waals surface area (Å²) in [5, 5.41) is 5.70. The number of hydrogen-bond acceptors (Lipinski definition) is 7. The predicted octanol–water partition coefficient (Wildman–Crippen LogP) is 6.22. The maximum atomic E-state index is 6.09. The number of fused-ring (bicyclic) bond motifs is 2. The Morgan fingerprint density at radius 2 is 1.81 bits per heavy atom. The molecule has 0 bridgehead atoms. The van der Waals surface area contributed by atoms with Gasteiger partial charge < -0.3 is 14.8 Å². The van der Waals surface area contributed by atoms with Gasteiger partial charge in [0.1, 0.15) is 23.8 Å². The molecule has 6 nitrogen and oxygen atoms in total. The van der Waals surface area contributed by atoms with Gasteiger partial charge in [-0.05, 0) is 42.5 Å². The smallest absolute Gasteiger partial charge is 0.162 e. The molecule has 0 atom stereocenters. The summed E-state index contributed by atoms with van der Waals surface area (Å²) in [6.45, 7) is 0.342. The van der Waals surface area contributed by atoms with E-state index in [1.807, 2.05) is 54.6 Å². The number of anilines is 2. The second-order valence-corrected chi connectivity index (χ2v) is 8.29. The van der Waals surface area contributed by atoms with E-state index in [9.17, 15) is 0 Å². The summed E-state index contributed by atoms with van der Waals surface area (Å²) in [5.74, 6) is 1.87. The molecule has 0 saturated carbocycles. The van der Waals surface area contributed by atoms with Crippen LogP contribution >= 0.6 is 22.9 Å². The van der Waals surface area contributed by atoms with Gasteiger partial charge in [-0.1, -0.05) is 23.7 Å². The molecule has 154 valence electrons. The molecule has 2 aromatic heterocycles. The third kappa shape index (κ3) is 4.10. The monoisotopic (exact) mass is 448 g/mol. The van der Waals surface area contributed by atoms with E-state index in [1.54, 1.807) is 18.4 Å². The maximum Gasteiger partial charge on any atom is 0.162 e. The Morgan fingerprint density at radius 1 is 0.968 bits per heavy atom. The van der Waals surface area contributed by atoms with Crippen LogP contribution in [0.4, 0.5) is 11.5 Å². The van der Waals surface area contributed by atoms with Crippen molar-refractivity contribution < 1.29 is 9.47 Å². The first-order valence-corrected chi connectivity index (χ1v) is 10.7. The molecule has 0 amide bonds. The summed E-state index contributed by atoms with van der Waals surface area (Å²) < 4.78 is 12.8. The molecular formula is C23H17ClN4O2S. The molecule has 0 aliphatic rings. The van der Waals surface area contributed by atoms with Gasteiger partial charge in [0.25, 0.3) is 0 Å². The molecule has 8 heteroatoms. The molecule has 0 fully saturated rings. The number of para-hydroxylation sites is 1. The fourth-order valence-corrected chi connectivity index (χ4v) is 4.23. The lowest BCUT2D eigenvalue weighted by atomic mass is 10.2. The fraction of sp³-hybridized carbons (Fsp3) is 0.0870. The first-order chi connectivity index (χ1) is 15.2. The quantitative estimate of drug-likeness (QED) is 0.332. The molecule has 0 saturated heterocycles. The highest BCUT2D eigenvalue weighted by Crippen LogP contribution is 2.35. The lowest BCUT2D eigenvalue weighted by Gasteiger charge is -2.13. The van der Waals surface area contributed by atoms with Gasteiger partial charge in [0, 0.05) is 22.2 Å². The van der Waals surface area contributed by atoms with Gasteiger partial charge in [-0.2, -0.15) is 0 Å². The normalized spacial score (nSPS) is 11.0. The summed E-state index contributed by atoms with van der Waals surface area (Å²) in [5.41, 5.74) is 2.59. The van der Waals surface area contributed by atoms with E-state index in [0.717, 1.165) is 31.8 Å². The van der Waals surface area contributed by atoms with Gasteiger partial charge in [-0.3, -0.25) is 0 Å². The Bertz CT molecular complexity index is 1340. The van der Waals surface area contributed by atoms with Crippen molar-refractivity contribution in [3.8, 4) is 11.5 Å². The van der Waals surface area contributed by atoms with Crippen molar-refractivity contribution in [1.82, 2.24) is 15.0 Å². The zero-order chi connectivity index (χ0) is 21.2. The molecule has 0 spiro atoms. The van der Waals surface area contributed by atoms with Crippen LogP contribution in [-0.2, 0) is 6.61 Å². The molecule has 2 heterocycles. The van der Waals surface area contributed by atoms with Gasteiger partial charge in [0.05, 0.1) is 22.8 Å². The molecular weight excluding hydrogens is 432 g/mol. The van der Waals surface area contributed by atoms with Crippen LogP contribution in [0.1, 0.15) is 5.01 Å². The minimum Gasteiger partial charge on any atom is -0.493 e. The van der Waals surface area contributed by atoms with Gasteiger partial charge >= 0.3 is 0 Å². The number of methoxy groups -OCH3 is 1. The summed E-state index contributed by atoms with van der Waals surface area (Å²) in [4.78, 5) is 13.4. The molecule has 0 aliphatic heterocycles. The lowest BCUT2D eigenvalue weighted by molar-refractivity contribution is 0.285. The maximum absolute atomic E-state index is 6.09. The highest BCUT2D eigenvalue weighted by Gasteiger charge is 2.13. The standard InChI is InChI=1S/C23H17ClN4O2S/c1-29-19-11-18-16(23(26-13-25-18)27-15-8-6-14(24)7-9-15)10-20(19)30-12-22-28-17-4-2-3-5-21(17)31-22/h2-11,13H,12H2,1H3,(H,25,26,27). The largest absolute Gasteiger partial charge is 0.493 e. The van der Waals surface area contributed by atoms with E-state index < -0.39 is 0 Å². The summed E-state index contributed by atoms with van der Waals surface area (Å²) in [7, 11) is 1.61.